The van der Waals surface area contributed by atoms with Crippen molar-refractivity contribution in [1.29, 1.82) is 5.26 Å². The van der Waals surface area contributed by atoms with Crippen LogP contribution in [0.25, 0.3) is 0 Å². The molecule has 0 fully saturated rings. The van der Waals surface area contributed by atoms with E-state index >= 15 is 0 Å². The molecule has 0 saturated heterocycles. The van der Waals surface area contributed by atoms with E-state index in [-0.39, 0.29) is 0 Å². The summed E-state index contributed by atoms with van der Waals surface area (Å²) in [6, 6.07) is 10.9. The van der Waals surface area contributed by atoms with Crippen LogP contribution in [-0.2, 0) is 6.42 Å². The van der Waals surface area contributed by atoms with Crippen molar-refractivity contribution in [2.45, 2.75) is 39.2 Å². The van der Waals surface area contributed by atoms with Crippen molar-refractivity contribution in [1.82, 2.24) is 5.32 Å². The van der Waals surface area contributed by atoms with Crippen LogP contribution in [0.2, 0.25) is 0 Å². The zero-order valence-corrected chi connectivity index (χ0v) is 12.5. The minimum atomic E-state index is -0.506. The molecule has 0 aliphatic rings. The number of anilines is 1. The van der Waals surface area contributed by atoms with Crippen molar-refractivity contribution in [3.8, 4) is 6.07 Å². The first kappa shape index (κ1) is 15.5. The zero-order chi connectivity index (χ0) is 14.3. The number of rotatable bonds is 7. The summed E-state index contributed by atoms with van der Waals surface area (Å²) in [4.78, 5) is 2.13. The molecule has 1 rings (SSSR count). The maximum Gasteiger partial charge on any atom is 0.121 e. The molecule has 0 aromatic heterocycles. The normalized spacial score (nSPS) is 13.6. The highest BCUT2D eigenvalue weighted by atomic mass is 15.1. The molecule has 0 aliphatic heterocycles. The molecular weight excluding hydrogens is 234 g/mol. The van der Waals surface area contributed by atoms with Crippen LogP contribution in [0.1, 0.15) is 32.8 Å². The molecule has 3 nitrogen and oxygen atoms in total. The zero-order valence-electron chi connectivity index (χ0n) is 12.5. The van der Waals surface area contributed by atoms with Crippen molar-refractivity contribution in [2.24, 2.45) is 0 Å². The van der Waals surface area contributed by atoms with Crippen LogP contribution in [0.3, 0.4) is 0 Å². The number of hydrogen-bond acceptors (Lipinski definition) is 3. The van der Waals surface area contributed by atoms with E-state index in [1.54, 1.807) is 0 Å². The molecule has 3 heteroatoms. The molecule has 0 aliphatic carbocycles. The molecule has 0 radical (unpaired) electrons. The van der Waals surface area contributed by atoms with Gasteiger partial charge in [-0.05, 0) is 44.0 Å². The summed E-state index contributed by atoms with van der Waals surface area (Å²) in [7, 11) is 2.03. The number of nitrogens with zero attached hydrogens (tertiary/aromatic N) is 2. The maximum absolute atomic E-state index is 9.35. The van der Waals surface area contributed by atoms with Gasteiger partial charge in [-0.15, -0.1) is 0 Å². The van der Waals surface area contributed by atoms with Crippen molar-refractivity contribution in [3.63, 3.8) is 0 Å². The van der Waals surface area contributed by atoms with E-state index in [0.29, 0.717) is 6.54 Å². The minimum absolute atomic E-state index is 0.506. The van der Waals surface area contributed by atoms with Crippen molar-refractivity contribution >= 4 is 5.69 Å². The van der Waals surface area contributed by atoms with Gasteiger partial charge < -0.3 is 4.90 Å². The Morgan fingerprint density at radius 2 is 1.89 bits per heavy atom. The third-order valence-corrected chi connectivity index (χ3v) is 3.35. The smallest absolute Gasteiger partial charge is 0.121 e. The van der Waals surface area contributed by atoms with Gasteiger partial charge in [0.25, 0.3) is 0 Å². The van der Waals surface area contributed by atoms with Gasteiger partial charge in [-0.3, -0.25) is 5.32 Å². The number of hydrogen-bond donors (Lipinski definition) is 1. The predicted molar refractivity (Wildman–Crippen MR) is 81.4 cm³/mol. The van der Waals surface area contributed by atoms with Crippen LogP contribution in [0, 0.1) is 11.3 Å². The molecule has 1 aromatic carbocycles. The van der Waals surface area contributed by atoms with Gasteiger partial charge in [0.1, 0.15) is 5.54 Å². The Bertz CT molecular complexity index is 419. The lowest BCUT2D eigenvalue weighted by molar-refractivity contribution is 0.449. The molecule has 19 heavy (non-hydrogen) atoms. The Morgan fingerprint density at radius 1 is 1.26 bits per heavy atom. The standard InChI is InChI=1S/C16H25N3/c1-5-11-18-16(3,12-17)13-19(4)15-9-7-14(6-2)8-10-15/h7-10,18H,5-6,11,13H2,1-4H3. The predicted octanol–water partition coefficient (Wildman–Crippen LogP) is 2.97. The Labute approximate surface area is 117 Å². The fourth-order valence-corrected chi connectivity index (χ4v) is 2.08. The summed E-state index contributed by atoms with van der Waals surface area (Å²) in [6.45, 7) is 7.76. The lowest BCUT2D eigenvalue weighted by atomic mass is 10.0. The Hall–Kier alpha value is -1.53. The van der Waals surface area contributed by atoms with Crippen LogP contribution in [0.5, 0.6) is 0 Å². The first-order valence-electron chi connectivity index (χ1n) is 7.01. The molecule has 104 valence electrons. The quantitative estimate of drug-likeness (QED) is 0.818. The lowest BCUT2D eigenvalue weighted by Gasteiger charge is -2.30. The maximum atomic E-state index is 9.35. The van der Waals surface area contributed by atoms with Gasteiger partial charge in [-0.1, -0.05) is 26.0 Å². The SMILES string of the molecule is CCCNC(C)(C#N)CN(C)c1ccc(CC)cc1. The van der Waals surface area contributed by atoms with Gasteiger partial charge in [0, 0.05) is 19.3 Å². The molecule has 1 N–H and O–H groups in total. The fraction of sp³-hybridized carbons (Fsp3) is 0.562. The summed E-state index contributed by atoms with van der Waals surface area (Å²) in [6.07, 6.45) is 2.09. The molecule has 1 unspecified atom stereocenters. The monoisotopic (exact) mass is 259 g/mol. The van der Waals surface area contributed by atoms with Crippen molar-refractivity contribution in [3.05, 3.63) is 29.8 Å². The van der Waals surface area contributed by atoms with Crippen LogP contribution in [0.15, 0.2) is 24.3 Å². The molecule has 0 spiro atoms. The molecule has 1 aromatic rings. The summed E-state index contributed by atoms with van der Waals surface area (Å²) in [5, 5.41) is 12.7. The second-order valence-corrected chi connectivity index (χ2v) is 5.25. The van der Waals surface area contributed by atoms with E-state index in [1.165, 1.54) is 5.56 Å². The van der Waals surface area contributed by atoms with Crippen LogP contribution in [-0.4, -0.2) is 25.7 Å². The van der Waals surface area contributed by atoms with E-state index in [0.717, 1.165) is 25.1 Å². The van der Waals surface area contributed by atoms with Crippen LogP contribution >= 0.6 is 0 Å². The first-order valence-corrected chi connectivity index (χ1v) is 7.01. The summed E-state index contributed by atoms with van der Waals surface area (Å²) >= 11 is 0. The van der Waals surface area contributed by atoms with Gasteiger partial charge in [0.05, 0.1) is 6.07 Å². The van der Waals surface area contributed by atoms with Crippen molar-refractivity contribution < 1.29 is 0 Å². The minimum Gasteiger partial charge on any atom is -0.372 e. The van der Waals surface area contributed by atoms with Gasteiger partial charge in [-0.2, -0.15) is 5.26 Å². The van der Waals surface area contributed by atoms with Crippen LogP contribution < -0.4 is 10.2 Å². The Morgan fingerprint density at radius 3 is 2.37 bits per heavy atom. The Kier molecular flexibility index (Phi) is 5.85. The van der Waals surface area contributed by atoms with E-state index in [2.05, 4.69) is 54.4 Å². The highest BCUT2D eigenvalue weighted by Crippen LogP contribution is 2.16. The number of nitriles is 1. The van der Waals surface area contributed by atoms with Crippen molar-refractivity contribution in [2.75, 3.05) is 25.0 Å². The molecule has 0 bridgehead atoms. The van der Waals surface area contributed by atoms with E-state index in [1.807, 2.05) is 14.0 Å². The summed E-state index contributed by atoms with van der Waals surface area (Å²) in [5.41, 5.74) is 1.98. The molecule has 0 heterocycles. The first-order chi connectivity index (χ1) is 9.04. The highest BCUT2D eigenvalue weighted by molar-refractivity contribution is 5.47. The second-order valence-electron chi connectivity index (χ2n) is 5.25. The lowest BCUT2D eigenvalue weighted by Crippen LogP contribution is -2.49. The molecule has 0 amide bonds. The van der Waals surface area contributed by atoms with E-state index in [9.17, 15) is 5.26 Å². The number of benzene rings is 1. The Balaban J connectivity index is 2.71. The van der Waals surface area contributed by atoms with Gasteiger partial charge in [0.15, 0.2) is 0 Å². The number of nitrogens with one attached hydrogen (secondary N) is 1. The summed E-state index contributed by atoms with van der Waals surface area (Å²) < 4.78 is 0. The largest absolute Gasteiger partial charge is 0.372 e. The van der Waals surface area contributed by atoms with E-state index < -0.39 is 5.54 Å². The number of likely N-dealkylation sites (N-methyl/N-ethyl adjacent to an activating group) is 1. The molecule has 1 atom stereocenters. The average Bonchev–Trinajstić information content (AvgIpc) is 2.45. The van der Waals surface area contributed by atoms with Gasteiger partial charge >= 0.3 is 0 Å². The van der Waals surface area contributed by atoms with E-state index in [4.69, 9.17) is 0 Å². The van der Waals surface area contributed by atoms with Gasteiger partial charge in [0.2, 0.25) is 0 Å². The van der Waals surface area contributed by atoms with Crippen LogP contribution in [0.4, 0.5) is 5.69 Å². The third kappa shape index (κ3) is 4.57. The highest BCUT2D eigenvalue weighted by Gasteiger charge is 2.24. The third-order valence-electron chi connectivity index (χ3n) is 3.35. The van der Waals surface area contributed by atoms with Gasteiger partial charge in [-0.25, -0.2) is 0 Å². The fourth-order valence-electron chi connectivity index (χ4n) is 2.08. The summed E-state index contributed by atoms with van der Waals surface area (Å²) in [5.74, 6) is 0. The average molecular weight is 259 g/mol. The second kappa shape index (κ2) is 7.16. The topological polar surface area (TPSA) is 39.1 Å². The molecule has 0 saturated carbocycles. The molecular formula is C16H25N3. The number of aryl methyl sites for hydroxylation is 1.